The minimum absolute atomic E-state index is 0.167. The van der Waals surface area contributed by atoms with Crippen LogP contribution in [0.3, 0.4) is 0 Å². The molecule has 1 aromatic carbocycles. The van der Waals surface area contributed by atoms with E-state index in [2.05, 4.69) is 38.7 Å². The fraction of sp³-hybridized carbons (Fsp3) is 0.533. The highest BCUT2D eigenvalue weighted by Crippen LogP contribution is 2.21. The van der Waals surface area contributed by atoms with Crippen molar-refractivity contribution in [2.75, 3.05) is 25.4 Å². The lowest BCUT2D eigenvalue weighted by atomic mass is 10.00. The Morgan fingerprint density at radius 2 is 2.20 bits per heavy atom. The zero-order valence-electron chi connectivity index (χ0n) is 11.5. The van der Waals surface area contributed by atoms with Crippen LogP contribution in [-0.4, -0.2) is 31.3 Å². The molecule has 0 aliphatic carbocycles. The number of nitrogens with one attached hydrogen (secondary N) is 2. The molecule has 0 bridgehead atoms. The third-order valence-corrected chi connectivity index (χ3v) is 4.94. The van der Waals surface area contributed by atoms with E-state index in [1.807, 2.05) is 12.1 Å². The maximum Gasteiger partial charge on any atom is 0.220 e. The van der Waals surface area contributed by atoms with Crippen LogP contribution in [0.5, 0.6) is 0 Å². The lowest BCUT2D eigenvalue weighted by Gasteiger charge is -2.22. The minimum atomic E-state index is 0.167. The summed E-state index contributed by atoms with van der Waals surface area (Å²) >= 11 is 5.14. The topological polar surface area (TPSA) is 41.1 Å². The van der Waals surface area contributed by atoms with Crippen LogP contribution in [0.15, 0.2) is 33.6 Å². The number of halogens is 1. The average Bonchev–Trinajstić information content (AvgIpc) is 2.48. The highest BCUT2D eigenvalue weighted by molar-refractivity contribution is 9.10. The van der Waals surface area contributed by atoms with Crippen molar-refractivity contribution in [3.05, 3.63) is 28.7 Å². The smallest absolute Gasteiger partial charge is 0.220 e. The van der Waals surface area contributed by atoms with Gasteiger partial charge in [0.2, 0.25) is 5.91 Å². The van der Waals surface area contributed by atoms with Crippen molar-refractivity contribution >= 4 is 33.6 Å². The first-order valence-electron chi connectivity index (χ1n) is 7.10. The molecule has 0 radical (unpaired) electrons. The fourth-order valence-corrected chi connectivity index (χ4v) is 3.35. The molecular formula is C15H21BrN2OS. The Balaban J connectivity index is 1.58. The van der Waals surface area contributed by atoms with Crippen molar-refractivity contribution in [1.82, 2.24) is 10.6 Å². The van der Waals surface area contributed by atoms with Gasteiger partial charge in [-0.1, -0.05) is 15.9 Å². The van der Waals surface area contributed by atoms with E-state index in [4.69, 9.17) is 0 Å². The van der Waals surface area contributed by atoms with Crippen LogP contribution >= 0.6 is 27.7 Å². The number of piperidine rings is 1. The number of hydrogen-bond donors (Lipinski definition) is 2. The van der Waals surface area contributed by atoms with Crippen molar-refractivity contribution in [1.29, 1.82) is 0 Å². The summed E-state index contributed by atoms with van der Waals surface area (Å²) in [5.41, 5.74) is 0. The Bertz CT molecular complexity index is 418. The van der Waals surface area contributed by atoms with Gasteiger partial charge in [-0.2, -0.15) is 0 Å². The molecule has 2 N–H and O–H groups in total. The number of carbonyl (C=O) groups excluding carboxylic acids is 1. The summed E-state index contributed by atoms with van der Waals surface area (Å²) in [6.07, 6.45) is 3.03. The van der Waals surface area contributed by atoms with Crippen molar-refractivity contribution < 1.29 is 4.79 Å². The molecule has 5 heteroatoms. The molecule has 110 valence electrons. The van der Waals surface area contributed by atoms with Crippen LogP contribution in [-0.2, 0) is 4.79 Å². The molecule has 0 spiro atoms. The van der Waals surface area contributed by atoms with Crippen molar-refractivity contribution in [2.45, 2.75) is 24.2 Å². The molecule has 0 saturated carbocycles. The van der Waals surface area contributed by atoms with Gasteiger partial charge in [0.1, 0.15) is 0 Å². The molecule has 1 saturated heterocycles. The first-order valence-corrected chi connectivity index (χ1v) is 8.87. The number of rotatable bonds is 6. The van der Waals surface area contributed by atoms with E-state index < -0.39 is 0 Å². The molecule has 1 aromatic rings. The normalized spacial score (nSPS) is 18.8. The number of hydrogen-bond acceptors (Lipinski definition) is 3. The first-order chi connectivity index (χ1) is 9.74. The number of benzene rings is 1. The molecule has 1 atom stereocenters. The maximum atomic E-state index is 11.8. The van der Waals surface area contributed by atoms with Crippen molar-refractivity contribution in [3.8, 4) is 0 Å². The molecule has 1 fully saturated rings. The Kier molecular flexibility index (Phi) is 6.90. The quantitative estimate of drug-likeness (QED) is 0.769. The SMILES string of the molecule is O=C(CCSc1ccc(Br)cc1)NCC1CCCNC1. The van der Waals surface area contributed by atoms with Crippen molar-refractivity contribution in [2.24, 2.45) is 5.92 Å². The van der Waals surface area contributed by atoms with Crippen LogP contribution < -0.4 is 10.6 Å². The monoisotopic (exact) mass is 356 g/mol. The van der Waals surface area contributed by atoms with Gasteiger partial charge in [0.15, 0.2) is 0 Å². The maximum absolute atomic E-state index is 11.8. The van der Waals surface area contributed by atoms with Crippen LogP contribution in [0.25, 0.3) is 0 Å². The zero-order valence-corrected chi connectivity index (χ0v) is 13.9. The highest BCUT2D eigenvalue weighted by Gasteiger charge is 2.13. The third kappa shape index (κ3) is 5.85. The Hall–Kier alpha value is -0.520. The Labute approximate surface area is 133 Å². The number of thioether (sulfide) groups is 1. The summed E-state index contributed by atoms with van der Waals surface area (Å²) in [6, 6.07) is 8.19. The lowest BCUT2D eigenvalue weighted by molar-refractivity contribution is -0.120. The average molecular weight is 357 g/mol. The Morgan fingerprint density at radius 3 is 2.90 bits per heavy atom. The zero-order chi connectivity index (χ0) is 14.2. The summed E-state index contributed by atoms with van der Waals surface area (Å²) in [4.78, 5) is 13.0. The fourth-order valence-electron chi connectivity index (χ4n) is 2.24. The van der Waals surface area contributed by atoms with E-state index in [-0.39, 0.29) is 5.91 Å². The van der Waals surface area contributed by atoms with Crippen LogP contribution in [0.1, 0.15) is 19.3 Å². The molecule has 1 unspecified atom stereocenters. The second-order valence-electron chi connectivity index (χ2n) is 5.07. The molecule has 2 rings (SSSR count). The standard InChI is InChI=1S/C15H21BrN2OS/c16-13-3-5-14(6-4-13)20-9-7-15(19)18-11-12-2-1-8-17-10-12/h3-6,12,17H,1-2,7-11H2,(H,18,19). The van der Waals surface area contributed by atoms with Crippen molar-refractivity contribution in [3.63, 3.8) is 0 Å². The molecule has 1 heterocycles. The van der Waals surface area contributed by atoms with Crippen LogP contribution in [0, 0.1) is 5.92 Å². The van der Waals surface area contributed by atoms with Gasteiger partial charge in [0.05, 0.1) is 0 Å². The minimum Gasteiger partial charge on any atom is -0.356 e. The van der Waals surface area contributed by atoms with E-state index >= 15 is 0 Å². The summed E-state index contributed by atoms with van der Waals surface area (Å²) in [5.74, 6) is 1.60. The third-order valence-electron chi connectivity index (χ3n) is 3.40. The van der Waals surface area contributed by atoms with Gasteiger partial charge < -0.3 is 10.6 Å². The van der Waals surface area contributed by atoms with Gasteiger partial charge in [0.25, 0.3) is 0 Å². The molecule has 3 nitrogen and oxygen atoms in total. The van der Waals surface area contributed by atoms with E-state index in [9.17, 15) is 4.79 Å². The number of carbonyl (C=O) groups is 1. The second-order valence-corrected chi connectivity index (χ2v) is 7.15. The summed E-state index contributed by atoms with van der Waals surface area (Å²) in [6.45, 7) is 2.97. The molecule has 1 aliphatic rings. The predicted molar refractivity (Wildman–Crippen MR) is 88.1 cm³/mol. The summed E-state index contributed by atoms with van der Waals surface area (Å²) in [5, 5.41) is 6.42. The van der Waals surface area contributed by atoms with E-state index in [0.717, 1.165) is 29.9 Å². The van der Waals surface area contributed by atoms with Gasteiger partial charge in [-0.25, -0.2) is 0 Å². The van der Waals surface area contributed by atoms with Crippen LogP contribution in [0.4, 0.5) is 0 Å². The van der Waals surface area contributed by atoms with E-state index in [0.29, 0.717) is 12.3 Å². The van der Waals surface area contributed by atoms with Gasteiger partial charge >= 0.3 is 0 Å². The van der Waals surface area contributed by atoms with Gasteiger partial charge in [-0.3, -0.25) is 4.79 Å². The summed E-state index contributed by atoms with van der Waals surface area (Å²) in [7, 11) is 0. The van der Waals surface area contributed by atoms with E-state index in [1.54, 1.807) is 11.8 Å². The summed E-state index contributed by atoms with van der Waals surface area (Å²) < 4.78 is 1.08. The molecular weight excluding hydrogens is 336 g/mol. The Morgan fingerprint density at radius 1 is 1.40 bits per heavy atom. The van der Waals surface area contributed by atoms with Gasteiger partial charge in [-0.15, -0.1) is 11.8 Å². The van der Waals surface area contributed by atoms with Crippen LogP contribution in [0.2, 0.25) is 0 Å². The van der Waals surface area contributed by atoms with Gasteiger partial charge in [0, 0.05) is 28.1 Å². The highest BCUT2D eigenvalue weighted by atomic mass is 79.9. The second kappa shape index (κ2) is 8.70. The number of amides is 1. The van der Waals surface area contributed by atoms with Gasteiger partial charge in [-0.05, 0) is 56.1 Å². The lowest BCUT2D eigenvalue weighted by Crippen LogP contribution is -2.38. The predicted octanol–water partition coefficient (Wildman–Crippen LogP) is 3.05. The van der Waals surface area contributed by atoms with E-state index in [1.165, 1.54) is 17.7 Å². The largest absolute Gasteiger partial charge is 0.356 e. The molecule has 0 aromatic heterocycles. The molecule has 20 heavy (non-hydrogen) atoms. The molecule has 1 amide bonds. The first kappa shape index (κ1) is 15.9. The molecule has 1 aliphatic heterocycles.